The van der Waals surface area contributed by atoms with Gasteiger partial charge in [0.1, 0.15) is 12.7 Å². The third-order valence-corrected chi connectivity index (χ3v) is 4.96. The van der Waals surface area contributed by atoms with Crippen LogP contribution in [0.5, 0.6) is 0 Å². The smallest absolute Gasteiger partial charge is 0.323 e. The summed E-state index contributed by atoms with van der Waals surface area (Å²) in [5.41, 5.74) is 1.70. The molecular formula is C23H26F3N5O. The van der Waals surface area contributed by atoms with Crippen LogP contribution in [0.3, 0.4) is 0 Å². The van der Waals surface area contributed by atoms with E-state index in [4.69, 9.17) is 0 Å². The maximum Gasteiger partial charge on any atom is 0.416 e. The van der Waals surface area contributed by atoms with Crippen molar-refractivity contribution in [2.45, 2.75) is 39.4 Å². The van der Waals surface area contributed by atoms with Gasteiger partial charge in [-0.15, -0.1) is 0 Å². The second-order valence-corrected chi connectivity index (χ2v) is 8.06. The molecule has 0 aliphatic heterocycles. The standard InChI is InChI=1S/C23H26F3N5O/c1-15(2)10-17-4-6-18(7-5-17)16(3)28-12-22(32)30-20-11-19(23(24,25)26)8-9-21(20)31-14-27-13-29-31/h4-9,11,13-16,28H,10,12H2,1-3H3,(H,30,32)/t16-/m0/s1. The molecule has 0 aliphatic carbocycles. The summed E-state index contributed by atoms with van der Waals surface area (Å²) in [5.74, 6) is 0.104. The van der Waals surface area contributed by atoms with Gasteiger partial charge in [-0.3, -0.25) is 4.79 Å². The molecule has 0 fully saturated rings. The molecule has 0 unspecified atom stereocenters. The van der Waals surface area contributed by atoms with E-state index in [1.807, 2.05) is 19.1 Å². The number of carbonyl (C=O) groups excluding carboxylic acids is 1. The number of carbonyl (C=O) groups is 1. The lowest BCUT2D eigenvalue weighted by Gasteiger charge is -2.17. The molecule has 32 heavy (non-hydrogen) atoms. The molecule has 2 aromatic carbocycles. The van der Waals surface area contributed by atoms with Crippen LogP contribution in [0.1, 0.15) is 43.5 Å². The third-order valence-electron chi connectivity index (χ3n) is 4.96. The largest absolute Gasteiger partial charge is 0.416 e. The summed E-state index contributed by atoms with van der Waals surface area (Å²) in [4.78, 5) is 16.3. The molecule has 1 heterocycles. The van der Waals surface area contributed by atoms with Crippen LogP contribution in [-0.2, 0) is 17.4 Å². The van der Waals surface area contributed by atoms with Crippen LogP contribution in [0.4, 0.5) is 18.9 Å². The molecule has 0 aliphatic rings. The molecule has 0 radical (unpaired) electrons. The van der Waals surface area contributed by atoms with E-state index in [1.165, 1.54) is 29.0 Å². The maximum absolute atomic E-state index is 13.2. The fourth-order valence-electron chi connectivity index (χ4n) is 3.32. The van der Waals surface area contributed by atoms with Crippen LogP contribution in [-0.4, -0.2) is 27.2 Å². The van der Waals surface area contributed by atoms with Gasteiger partial charge in [-0.05, 0) is 48.6 Å². The summed E-state index contributed by atoms with van der Waals surface area (Å²) in [5, 5.41) is 9.61. The van der Waals surface area contributed by atoms with E-state index in [0.717, 1.165) is 24.1 Å². The minimum Gasteiger partial charge on any atom is -0.323 e. The van der Waals surface area contributed by atoms with Crippen LogP contribution >= 0.6 is 0 Å². The maximum atomic E-state index is 13.2. The molecule has 0 bridgehead atoms. The van der Waals surface area contributed by atoms with Gasteiger partial charge in [0.25, 0.3) is 0 Å². The van der Waals surface area contributed by atoms with Crippen LogP contribution < -0.4 is 10.6 Å². The van der Waals surface area contributed by atoms with E-state index >= 15 is 0 Å². The molecular weight excluding hydrogens is 419 g/mol. The number of amides is 1. The lowest BCUT2D eigenvalue weighted by molar-refractivity contribution is -0.137. The first-order valence-corrected chi connectivity index (χ1v) is 10.3. The van der Waals surface area contributed by atoms with Gasteiger partial charge < -0.3 is 10.6 Å². The van der Waals surface area contributed by atoms with Crippen LogP contribution in [0.2, 0.25) is 0 Å². The van der Waals surface area contributed by atoms with Crippen LogP contribution in [0.15, 0.2) is 55.1 Å². The second kappa shape index (κ2) is 9.95. The number of anilines is 1. The second-order valence-electron chi connectivity index (χ2n) is 8.06. The Labute approximate surface area is 184 Å². The normalized spacial score (nSPS) is 12.7. The Morgan fingerprint density at radius 1 is 1.09 bits per heavy atom. The predicted molar refractivity (Wildman–Crippen MR) is 116 cm³/mol. The molecule has 0 saturated heterocycles. The molecule has 2 N–H and O–H groups in total. The number of aromatic nitrogens is 3. The lowest BCUT2D eigenvalue weighted by atomic mass is 10.00. The molecule has 9 heteroatoms. The molecule has 1 atom stereocenters. The van der Waals surface area contributed by atoms with E-state index in [9.17, 15) is 18.0 Å². The summed E-state index contributed by atoms with van der Waals surface area (Å²) >= 11 is 0. The van der Waals surface area contributed by atoms with Crippen molar-refractivity contribution in [2.75, 3.05) is 11.9 Å². The highest BCUT2D eigenvalue weighted by molar-refractivity contribution is 5.94. The Kier molecular flexibility index (Phi) is 7.29. The number of hydrogen-bond acceptors (Lipinski definition) is 4. The fraction of sp³-hybridized carbons (Fsp3) is 0.348. The first kappa shape index (κ1) is 23.5. The molecule has 1 aromatic heterocycles. The number of hydrogen-bond donors (Lipinski definition) is 2. The van der Waals surface area contributed by atoms with Gasteiger partial charge in [0, 0.05) is 6.04 Å². The number of alkyl halides is 3. The van der Waals surface area contributed by atoms with Gasteiger partial charge in [-0.2, -0.15) is 18.3 Å². The van der Waals surface area contributed by atoms with Crippen molar-refractivity contribution >= 4 is 11.6 Å². The topological polar surface area (TPSA) is 71.8 Å². The number of benzene rings is 2. The van der Waals surface area contributed by atoms with Crippen molar-refractivity contribution in [3.8, 4) is 5.69 Å². The fourth-order valence-corrected chi connectivity index (χ4v) is 3.32. The van der Waals surface area contributed by atoms with Crippen LogP contribution in [0, 0.1) is 5.92 Å². The molecule has 6 nitrogen and oxygen atoms in total. The Morgan fingerprint density at radius 3 is 2.41 bits per heavy atom. The van der Waals surface area contributed by atoms with Crippen molar-refractivity contribution in [3.05, 3.63) is 71.8 Å². The minimum absolute atomic E-state index is 0.00261. The summed E-state index contributed by atoms with van der Waals surface area (Å²) in [6.07, 6.45) is -0.926. The van der Waals surface area contributed by atoms with Crippen molar-refractivity contribution < 1.29 is 18.0 Å². The van der Waals surface area contributed by atoms with Crippen molar-refractivity contribution in [1.29, 1.82) is 0 Å². The molecule has 0 spiro atoms. The SMILES string of the molecule is CC(C)Cc1ccc([C@H](C)NCC(=O)Nc2cc(C(F)(F)F)ccc2-n2cncn2)cc1. The van der Waals surface area contributed by atoms with Gasteiger partial charge >= 0.3 is 6.18 Å². The summed E-state index contributed by atoms with van der Waals surface area (Å²) in [6.45, 7) is 6.18. The summed E-state index contributed by atoms with van der Waals surface area (Å²) < 4.78 is 40.8. The van der Waals surface area contributed by atoms with Crippen molar-refractivity contribution in [3.63, 3.8) is 0 Å². The molecule has 3 aromatic rings. The number of rotatable bonds is 8. The Hall–Kier alpha value is -3.20. The third kappa shape index (κ3) is 6.16. The zero-order valence-electron chi connectivity index (χ0n) is 18.1. The first-order valence-electron chi connectivity index (χ1n) is 10.3. The first-order chi connectivity index (χ1) is 15.1. The van der Waals surface area contributed by atoms with Crippen LogP contribution in [0.25, 0.3) is 5.69 Å². The Balaban J connectivity index is 1.67. The number of halogens is 3. The van der Waals surface area contributed by atoms with Gasteiger partial charge in [0.2, 0.25) is 5.91 Å². The quantitative estimate of drug-likeness (QED) is 0.524. The highest BCUT2D eigenvalue weighted by Gasteiger charge is 2.31. The average Bonchev–Trinajstić information content (AvgIpc) is 3.26. The lowest BCUT2D eigenvalue weighted by Crippen LogP contribution is -2.30. The van der Waals surface area contributed by atoms with E-state index < -0.39 is 17.6 Å². The Bertz CT molecular complexity index is 1030. The van der Waals surface area contributed by atoms with Gasteiger partial charge in [-0.1, -0.05) is 38.1 Å². The van der Waals surface area contributed by atoms with Crippen molar-refractivity contribution in [1.82, 2.24) is 20.1 Å². The zero-order chi connectivity index (χ0) is 23.3. The van der Waals surface area contributed by atoms with Gasteiger partial charge in [0.05, 0.1) is 23.5 Å². The number of nitrogens with zero attached hydrogens (tertiary/aromatic N) is 3. The van der Waals surface area contributed by atoms with E-state index in [1.54, 1.807) is 0 Å². The molecule has 0 saturated carbocycles. The van der Waals surface area contributed by atoms with Gasteiger partial charge in [-0.25, -0.2) is 9.67 Å². The zero-order valence-corrected chi connectivity index (χ0v) is 18.1. The highest BCUT2D eigenvalue weighted by Crippen LogP contribution is 2.33. The Morgan fingerprint density at radius 2 is 1.81 bits per heavy atom. The monoisotopic (exact) mass is 445 g/mol. The van der Waals surface area contributed by atoms with Crippen molar-refractivity contribution in [2.24, 2.45) is 5.92 Å². The van der Waals surface area contributed by atoms with E-state index in [2.05, 4.69) is 46.7 Å². The highest BCUT2D eigenvalue weighted by atomic mass is 19.4. The molecule has 170 valence electrons. The minimum atomic E-state index is -4.53. The van der Waals surface area contributed by atoms with Gasteiger partial charge in [0.15, 0.2) is 0 Å². The summed E-state index contributed by atoms with van der Waals surface area (Å²) in [7, 11) is 0. The average molecular weight is 445 g/mol. The predicted octanol–water partition coefficient (Wildman–Crippen LogP) is 4.77. The summed E-state index contributed by atoms with van der Waals surface area (Å²) in [6, 6.07) is 11.2. The molecule has 3 rings (SSSR count). The molecule has 1 amide bonds. The van der Waals surface area contributed by atoms with E-state index in [0.29, 0.717) is 5.92 Å². The number of nitrogens with one attached hydrogen (secondary N) is 2. The van der Waals surface area contributed by atoms with E-state index in [-0.39, 0.29) is 24.0 Å².